The molecule has 1 atom stereocenters. The van der Waals surface area contributed by atoms with E-state index in [1.165, 1.54) is 12.8 Å². The van der Waals surface area contributed by atoms with Crippen LogP contribution < -0.4 is 10.0 Å². The highest BCUT2D eigenvalue weighted by molar-refractivity contribution is 7.89. The molecule has 0 amide bonds. The van der Waals surface area contributed by atoms with Crippen LogP contribution in [0.1, 0.15) is 50.7 Å². The van der Waals surface area contributed by atoms with Crippen molar-refractivity contribution >= 4 is 10.0 Å². The van der Waals surface area contributed by atoms with Gasteiger partial charge in [-0.25, -0.2) is 13.1 Å². The third-order valence-corrected chi connectivity index (χ3v) is 5.66. The van der Waals surface area contributed by atoms with Gasteiger partial charge in [-0.2, -0.15) is 0 Å². The normalized spacial score (nSPS) is 16.9. The first-order valence-electron chi connectivity index (χ1n) is 7.78. The molecule has 1 aliphatic rings. The first-order valence-corrected chi connectivity index (χ1v) is 9.26. The molecule has 4 nitrogen and oxygen atoms in total. The first kappa shape index (κ1) is 16.5. The van der Waals surface area contributed by atoms with E-state index in [1.54, 1.807) is 6.07 Å². The van der Waals surface area contributed by atoms with Crippen LogP contribution in [-0.4, -0.2) is 20.5 Å². The fourth-order valence-corrected chi connectivity index (χ4v) is 4.07. The van der Waals surface area contributed by atoms with Gasteiger partial charge in [0.1, 0.15) is 0 Å². The standard InChI is InChI=1S/C16H26N2O2S/c1-4-6-12(2)18-21(19,20)16-8-5-7-14(13(16)3)11-17-15-9-10-15/h5,7-8,12,15,17-18H,4,6,9-11H2,1-3H3. The molecule has 21 heavy (non-hydrogen) atoms. The number of hydrogen-bond donors (Lipinski definition) is 2. The second-order valence-corrected chi connectivity index (χ2v) is 7.69. The fourth-order valence-electron chi connectivity index (χ4n) is 2.50. The molecule has 118 valence electrons. The van der Waals surface area contributed by atoms with Crippen LogP contribution in [0.2, 0.25) is 0 Å². The largest absolute Gasteiger partial charge is 0.310 e. The van der Waals surface area contributed by atoms with Crippen molar-refractivity contribution in [2.45, 2.75) is 70.0 Å². The van der Waals surface area contributed by atoms with Crippen LogP contribution in [-0.2, 0) is 16.6 Å². The van der Waals surface area contributed by atoms with E-state index in [0.717, 1.165) is 30.5 Å². The number of rotatable bonds is 8. The van der Waals surface area contributed by atoms with Gasteiger partial charge < -0.3 is 5.32 Å². The van der Waals surface area contributed by atoms with E-state index >= 15 is 0 Å². The highest BCUT2D eigenvalue weighted by atomic mass is 32.2. The molecule has 0 radical (unpaired) electrons. The highest BCUT2D eigenvalue weighted by Gasteiger charge is 2.23. The molecule has 0 bridgehead atoms. The minimum atomic E-state index is -3.44. The summed E-state index contributed by atoms with van der Waals surface area (Å²) in [6, 6.07) is 6.10. The van der Waals surface area contributed by atoms with Gasteiger partial charge in [0.15, 0.2) is 0 Å². The van der Waals surface area contributed by atoms with E-state index in [0.29, 0.717) is 10.9 Å². The third kappa shape index (κ3) is 4.53. The quantitative estimate of drug-likeness (QED) is 0.776. The van der Waals surface area contributed by atoms with Crippen molar-refractivity contribution in [1.82, 2.24) is 10.0 Å². The van der Waals surface area contributed by atoms with Crippen LogP contribution in [0.15, 0.2) is 23.1 Å². The number of benzene rings is 1. The van der Waals surface area contributed by atoms with Gasteiger partial charge in [-0.15, -0.1) is 0 Å². The van der Waals surface area contributed by atoms with Crippen molar-refractivity contribution in [3.8, 4) is 0 Å². The molecule has 1 aliphatic carbocycles. The number of nitrogens with one attached hydrogen (secondary N) is 2. The zero-order valence-corrected chi connectivity index (χ0v) is 14.0. The molecule has 0 saturated heterocycles. The van der Waals surface area contributed by atoms with Crippen LogP contribution in [0.5, 0.6) is 0 Å². The second-order valence-electron chi connectivity index (χ2n) is 6.01. The van der Waals surface area contributed by atoms with Gasteiger partial charge in [0, 0.05) is 18.6 Å². The summed E-state index contributed by atoms with van der Waals surface area (Å²) in [5, 5.41) is 3.44. The maximum atomic E-state index is 12.5. The monoisotopic (exact) mass is 310 g/mol. The lowest BCUT2D eigenvalue weighted by Gasteiger charge is -2.16. The average molecular weight is 310 g/mol. The molecule has 1 aromatic carbocycles. The van der Waals surface area contributed by atoms with Crippen LogP contribution >= 0.6 is 0 Å². The Bertz CT molecular complexity index is 580. The van der Waals surface area contributed by atoms with Crippen molar-refractivity contribution in [3.63, 3.8) is 0 Å². The summed E-state index contributed by atoms with van der Waals surface area (Å²) in [6.45, 7) is 6.60. The van der Waals surface area contributed by atoms with E-state index in [4.69, 9.17) is 0 Å². The Hall–Kier alpha value is -0.910. The zero-order valence-electron chi connectivity index (χ0n) is 13.1. The predicted octanol–water partition coefficient (Wildman–Crippen LogP) is 2.71. The summed E-state index contributed by atoms with van der Waals surface area (Å²) in [5.41, 5.74) is 1.91. The second kappa shape index (κ2) is 6.90. The smallest absolute Gasteiger partial charge is 0.241 e. The van der Waals surface area contributed by atoms with E-state index in [-0.39, 0.29) is 6.04 Å². The molecule has 0 spiro atoms. The molecule has 0 heterocycles. The summed E-state index contributed by atoms with van der Waals surface area (Å²) in [4.78, 5) is 0.403. The fraction of sp³-hybridized carbons (Fsp3) is 0.625. The third-order valence-electron chi connectivity index (χ3n) is 3.92. The Kier molecular flexibility index (Phi) is 5.41. The van der Waals surface area contributed by atoms with Gasteiger partial charge in [0.05, 0.1) is 4.90 Å². The molecule has 0 aliphatic heterocycles. The molecule has 1 aromatic rings. The highest BCUT2D eigenvalue weighted by Crippen LogP contribution is 2.22. The summed E-state index contributed by atoms with van der Waals surface area (Å²) >= 11 is 0. The van der Waals surface area contributed by atoms with E-state index < -0.39 is 10.0 Å². The Morgan fingerprint density at radius 3 is 2.67 bits per heavy atom. The topological polar surface area (TPSA) is 58.2 Å². The number of hydrogen-bond acceptors (Lipinski definition) is 3. The van der Waals surface area contributed by atoms with Crippen LogP contribution in [0, 0.1) is 6.92 Å². The van der Waals surface area contributed by atoms with Crippen molar-refractivity contribution in [1.29, 1.82) is 0 Å². The maximum Gasteiger partial charge on any atom is 0.241 e. The van der Waals surface area contributed by atoms with Gasteiger partial charge in [0.25, 0.3) is 0 Å². The van der Waals surface area contributed by atoms with Crippen LogP contribution in [0.25, 0.3) is 0 Å². The van der Waals surface area contributed by atoms with Gasteiger partial charge in [0.2, 0.25) is 10.0 Å². The van der Waals surface area contributed by atoms with Crippen LogP contribution in [0.3, 0.4) is 0 Å². The number of sulfonamides is 1. The van der Waals surface area contributed by atoms with Crippen molar-refractivity contribution < 1.29 is 8.42 Å². The Labute approximate surface area is 128 Å². The van der Waals surface area contributed by atoms with Crippen molar-refractivity contribution in [2.24, 2.45) is 0 Å². The summed E-state index contributed by atoms with van der Waals surface area (Å²) < 4.78 is 27.8. The molecule has 1 unspecified atom stereocenters. The first-order chi connectivity index (χ1) is 9.94. The average Bonchev–Trinajstić information content (AvgIpc) is 3.21. The van der Waals surface area contributed by atoms with Crippen molar-refractivity contribution in [2.75, 3.05) is 0 Å². The van der Waals surface area contributed by atoms with E-state index in [1.807, 2.05) is 26.0 Å². The zero-order chi connectivity index (χ0) is 15.5. The Morgan fingerprint density at radius 1 is 1.33 bits per heavy atom. The molecular weight excluding hydrogens is 284 g/mol. The lowest BCUT2D eigenvalue weighted by molar-refractivity contribution is 0.543. The molecule has 0 aromatic heterocycles. The molecule has 5 heteroatoms. The van der Waals surface area contributed by atoms with Gasteiger partial charge >= 0.3 is 0 Å². The molecular formula is C16H26N2O2S. The van der Waals surface area contributed by atoms with Gasteiger partial charge in [-0.05, 0) is 50.3 Å². The lowest BCUT2D eigenvalue weighted by Crippen LogP contribution is -2.33. The summed E-state index contributed by atoms with van der Waals surface area (Å²) in [5.74, 6) is 0. The van der Waals surface area contributed by atoms with Gasteiger partial charge in [-0.1, -0.05) is 25.5 Å². The lowest BCUT2D eigenvalue weighted by atomic mass is 10.1. The summed E-state index contributed by atoms with van der Waals surface area (Å²) in [6.07, 6.45) is 4.27. The van der Waals surface area contributed by atoms with Crippen LogP contribution in [0.4, 0.5) is 0 Å². The maximum absolute atomic E-state index is 12.5. The van der Waals surface area contributed by atoms with E-state index in [9.17, 15) is 8.42 Å². The molecule has 2 N–H and O–H groups in total. The minimum absolute atomic E-state index is 0.0346. The van der Waals surface area contributed by atoms with Crippen molar-refractivity contribution in [3.05, 3.63) is 29.3 Å². The van der Waals surface area contributed by atoms with E-state index in [2.05, 4.69) is 17.0 Å². The predicted molar refractivity (Wildman–Crippen MR) is 85.7 cm³/mol. The Morgan fingerprint density at radius 2 is 2.05 bits per heavy atom. The Balaban J connectivity index is 2.15. The summed E-state index contributed by atoms with van der Waals surface area (Å²) in [7, 11) is -3.44. The minimum Gasteiger partial charge on any atom is -0.310 e. The molecule has 2 rings (SSSR count). The molecule has 1 saturated carbocycles. The SMILES string of the molecule is CCCC(C)NS(=O)(=O)c1cccc(CNC2CC2)c1C. The van der Waals surface area contributed by atoms with Gasteiger partial charge in [-0.3, -0.25) is 0 Å². The molecule has 1 fully saturated rings.